The van der Waals surface area contributed by atoms with Crippen LogP contribution in [-0.4, -0.2) is 25.9 Å². The van der Waals surface area contributed by atoms with Crippen molar-refractivity contribution in [1.29, 1.82) is 0 Å². The number of hydrogen-bond acceptors (Lipinski definition) is 6. The van der Waals surface area contributed by atoms with Crippen molar-refractivity contribution >= 4 is 44.8 Å². The molecule has 6 nitrogen and oxygen atoms in total. The van der Waals surface area contributed by atoms with Gasteiger partial charge >= 0.3 is 5.97 Å². The van der Waals surface area contributed by atoms with Gasteiger partial charge in [-0.15, -0.1) is 5.10 Å². The molecule has 0 bridgehead atoms. The summed E-state index contributed by atoms with van der Waals surface area (Å²) in [6.45, 7) is 1.80. The SMILES string of the molecule is Cc1nc(Br)sc1C(=O)OCc1cn(-c2ccc(Cl)cc2)nn1. The number of aromatic nitrogens is 4. The molecule has 0 aliphatic heterocycles. The molecule has 0 unspecified atom stereocenters. The maximum absolute atomic E-state index is 12.0. The summed E-state index contributed by atoms with van der Waals surface area (Å²) in [6, 6.07) is 7.18. The van der Waals surface area contributed by atoms with Gasteiger partial charge in [0.25, 0.3) is 0 Å². The van der Waals surface area contributed by atoms with Crippen LogP contribution in [0.3, 0.4) is 0 Å². The molecule has 0 aliphatic carbocycles. The van der Waals surface area contributed by atoms with E-state index in [1.807, 2.05) is 12.1 Å². The summed E-state index contributed by atoms with van der Waals surface area (Å²) in [5.41, 5.74) is 2.01. The van der Waals surface area contributed by atoms with E-state index in [1.54, 1.807) is 29.9 Å². The summed E-state index contributed by atoms with van der Waals surface area (Å²) in [5, 5.41) is 8.64. The second kappa shape index (κ2) is 6.77. The minimum atomic E-state index is -0.424. The Kier molecular flexibility index (Phi) is 4.74. The predicted octanol–water partition coefficient (Wildman–Crippen LogP) is 3.81. The third kappa shape index (κ3) is 3.77. The molecule has 3 aromatic rings. The lowest BCUT2D eigenvalue weighted by Gasteiger charge is -2.01. The molecule has 0 spiro atoms. The zero-order valence-electron chi connectivity index (χ0n) is 11.9. The van der Waals surface area contributed by atoms with Gasteiger partial charge in [0.05, 0.1) is 17.6 Å². The van der Waals surface area contributed by atoms with E-state index in [0.717, 1.165) is 5.69 Å². The summed E-state index contributed by atoms with van der Waals surface area (Å²) < 4.78 is 7.49. The Balaban J connectivity index is 1.66. The van der Waals surface area contributed by atoms with E-state index in [9.17, 15) is 4.79 Å². The molecule has 0 saturated heterocycles. The van der Waals surface area contributed by atoms with Crippen molar-refractivity contribution in [2.24, 2.45) is 0 Å². The molecule has 0 amide bonds. The van der Waals surface area contributed by atoms with E-state index in [2.05, 4.69) is 31.2 Å². The van der Waals surface area contributed by atoms with E-state index >= 15 is 0 Å². The summed E-state index contributed by atoms with van der Waals surface area (Å²) >= 11 is 10.3. The Hall–Kier alpha value is -1.77. The van der Waals surface area contributed by atoms with Crippen LogP contribution < -0.4 is 0 Å². The molecule has 1 aromatic carbocycles. The Morgan fingerprint density at radius 3 is 2.78 bits per heavy atom. The van der Waals surface area contributed by atoms with E-state index < -0.39 is 5.97 Å². The van der Waals surface area contributed by atoms with Crippen LogP contribution in [0.1, 0.15) is 21.1 Å². The molecule has 0 saturated carbocycles. The molecule has 9 heteroatoms. The van der Waals surface area contributed by atoms with Gasteiger partial charge in [-0.25, -0.2) is 14.5 Å². The number of halogens is 2. The van der Waals surface area contributed by atoms with Crippen molar-refractivity contribution in [2.45, 2.75) is 13.5 Å². The second-order valence-corrected chi connectivity index (χ2v) is 7.30. The van der Waals surface area contributed by atoms with E-state index in [4.69, 9.17) is 16.3 Å². The first kappa shape index (κ1) is 16.1. The highest BCUT2D eigenvalue weighted by Crippen LogP contribution is 2.23. The number of carbonyl (C=O) groups is 1. The summed E-state index contributed by atoms with van der Waals surface area (Å²) in [4.78, 5) is 16.6. The molecule has 118 valence electrons. The van der Waals surface area contributed by atoms with E-state index in [1.165, 1.54) is 11.3 Å². The van der Waals surface area contributed by atoms with Crippen molar-refractivity contribution in [3.05, 3.63) is 55.7 Å². The first-order chi connectivity index (χ1) is 11.0. The van der Waals surface area contributed by atoms with Gasteiger partial charge in [0, 0.05) is 5.02 Å². The number of hydrogen-bond donors (Lipinski definition) is 0. The fourth-order valence-electron chi connectivity index (χ4n) is 1.84. The summed E-state index contributed by atoms with van der Waals surface area (Å²) in [7, 11) is 0. The Morgan fingerprint density at radius 1 is 1.39 bits per heavy atom. The normalized spacial score (nSPS) is 10.7. The van der Waals surface area contributed by atoms with E-state index in [0.29, 0.717) is 25.2 Å². The van der Waals surface area contributed by atoms with Crippen LogP contribution in [0, 0.1) is 6.92 Å². The fourth-order valence-corrected chi connectivity index (χ4v) is 3.41. The quantitative estimate of drug-likeness (QED) is 0.608. The van der Waals surface area contributed by atoms with Crippen LogP contribution in [-0.2, 0) is 11.3 Å². The number of ether oxygens (including phenoxy) is 1. The second-order valence-electron chi connectivity index (χ2n) is 4.59. The Bertz CT molecular complexity index is 847. The average Bonchev–Trinajstić information content (AvgIpc) is 3.12. The maximum atomic E-state index is 12.0. The standard InChI is InChI=1S/C14H10BrClN4O2S/c1-8-12(23-14(15)17-8)13(21)22-7-10-6-20(19-18-10)11-4-2-9(16)3-5-11/h2-6H,7H2,1H3. The van der Waals surface area contributed by atoms with Crippen LogP contribution in [0.2, 0.25) is 5.02 Å². The molecule has 0 atom stereocenters. The highest BCUT2D eigenvalue weighted by atomic mass is 79.9. The topological polar surface area (TPSA) is 69.9 Å². The maximum Gasteiger partial charge on any atom is 0.350 e. The van der Waals surface area contributed by atoms with Gasteiger partial charge in [-0.2, -0.15) is 0 Å². The highest BCUT2D eigenvalue weighted by Gasteiger charge is 2.16. The smallest absolute Gasteiger partial charge is 0.350 e. The van der Waals surface area contributed by atoms with Gasteiger partial charge in [-0.3, -0.25) is 0 Å². The molecule has 3 rings (SSSR count). The van der Waals surface area contributed by atoms with Crippen LogP contribution in [0.25, 0.3) is 5.69 Å². The summed E-state index contributed by atoms with van der Waals surface area (Å²) in [5.74, 6) is -0.424. The van der Waals surface area contributed by atoms with Crippen molar-refractivity contribution in [1.82, 2.24) is 20.0 Å². The largest absolute Gasteiger partial charge is 0.455 e. The Labute approximate surface area is 149 Å². The first-order valence-electron chi connectivity index (χ1n) is 6.50. The lowest BCUT2D eigenvalue weighted by atomic mass is 10.3. The number of nitrogens with zero attached hydrogens (tertiary/aromatic N) is 4. The molecule has 0 fully saturated rings. The molecule has 0 aliphatic rings. The molecule has 2 aromatic heterocycles. The van der Waals surface area contributed by atoms with E-state index in [-0.39, 0.29) is 6.61 Å². The Morgan fingerprint density at radius 2 is 2.13 bits per heavy atom. The predicted molar refractivity (Wildman–Crippen MR) is 90.0 cm³/mol. The number of thiazole rings is 1. The van der Waals surface area contributed by atoms with Crippen LogP contribution in [0.4, 0.5) is 0 Å². The lowest BCUT2D eigenvalue weighted by molar-refractivity contribution is 0.0472. The number of esters is 1. The molecule has 0 N–H and O–H groups in total. The van der Waals surface area contributed by atoms with Crippen LogP contribution in [0.5, 0.6) is 0 Å². The highest BCUT2D eigenvalue weighted by molar-refractivity contribution is 9.11. The third-order valence-electron chi connectivity index (χ3n) is 2.94. The minimum absolute atomic E-state index is 0.0430. The van der Waals surface area contributed by atoms with Gasteiger partial charge < -0.3 is 4.74 Å². The minimum Gasteiger partial charge on any atom is -0.455 e. The molecule has 23 heavy (non-hydrogen) atoms. The van der Waals surface area contributed by atoms with Gasteiger partial charge in [-0.1, -0.05) is 28.2 Å². The van der Waals surface area contributed by atoms with Gasteiger partial charge in [0.15, 0.2) is 3.92 Å². The zero-order valence-corrected chi connectivity index (χ0v) is 15.0. The first-order valence-corrected chi connectivity index (χ1v) is 8.49. The fraction of sp³-hybridized carbons (Fsp3) is 0.143. The molecule has 2 heterocycles. The monoisotopic (exact) mass is 412 g/mol. The van der Waals surface area contributed by atoms with Gasteiger partial charge in [-0.05, 0) is 47.1 Å². The van der Waals surface area contributed by atoms with Crippen LogP contribution in [0.15, 0.2) is 34.4 Å². The summed E-state index contributed by atoms with van der Waals surface area (Å²) in [6.07, 6.45) is 1.70. The lowest BCUT2D eigenvalue weighted by Crippen LogP contribution is -2.05. The third-order valence-corrected chi connectivity index (χ3v) is 4.78. The van der Waals surface area contributed by atoms with Crippen molar-refractivity contribution in [2.75, 3.05) is 0 Å². The number of benzene rings is 1. The number of aryl methyl sites for hydroxylation is 1. The van der Waals surface area contributed by atoms with Gasteiger partial charge in [0.2, 0.25) is 0 Å². The molecular formula is C14H10BrClN4O2S. The van der Waals surface area contributed by atoms with Crippen molar-refractivity contribution < 1.29 is 9.53 Å². The van der Waals surface area contributed by atoms with Crippen molar-refractivity contribution in [3.63, 3.8) is 0 Å². The zero-order chi connectivity index (χ0) is 16.4. The molecule has 0 radical (unpaired) electrons. The number of rotatable bonds is 4. The van der Waals surface area contributed by atoms with Crippen molar-refractivity contribution in [3.8, 4) is 5.69 Å². The van der Waals surface area contributed by atoms with Crippen LogP contribution >= 0.6 is 38.9 Å². The molecular weight excluding hydrogens is 404 g/mol. The van der Waals surface area contributed by atoms with Gasteiger partial charge in [0.1, 0.15) is 17.2 Å². The number of carbonyl (C=O) groups excluding carboxylic acids is 1. The average molecular weight is 414 g/mol.